The van der Waals surface area contributed by atoms with Crippen molar-refractivity contribution in [3.8, 4) is 0 Å². The number of ether oxygens (including phenoxy) is 1. The maximum atomic E-state index is 12.1. The predicted molar refractivity (Wildman–Crippen MR) is 85.8 cm³/mol. The molecule has 0 bridgehead atoms. The van der Waals surface area contributed by atoms with Gasteiger partial charge >= 0.3 is 6.03 Å². The second kappa shape index (κ2) is 8.36. The van der Waals surface area contributed by atoms with Crippen LogP contribution < -0.4 is 5.32 Å². The number of morpholine rings is 1. The summed E-state index contributed by atoms with van der Waals surface area (Å²) in [5.74, 6) is 0. The van der Waals surface area contributed by atoms with E-state index in [9.17, 15) is 4.79 Å². The molecule has 0 spiro atoms. The Morgan fingerprint density at radius 2 is 2.14 bits per heavy atom. The van der Waals surface area contributed by atoms with Gasteiger partial charge in [-0.05, 0) is 25.3 Å². The first-order chi connectivity index (χ1) is 10.3. The molecule has 21 heavy (non-hydrogen) atoms. The number of carbonyl (C=O) groups excluding carboxylic acids is 1. The molecular weight excluding hydrogens is 286 g/mol. The summed E-state index contributed by atoms with van der Waals surface area (Å²) in [4.78, 5) is 17.7. The first-order valence-corrected chi connectivity index (χ1v) is 8.52. The third kappa shape index (κ3) is 4.43. The molecule has 0 radical (unpaired) electrons. The molecule has 2 rings (SSSR count). The van der Waals surface area contributed by atoms with E-state index in [1.165, 1.54) is 4.88 Å². The lowest BCUT2D eigenvalue weighted by atomic mass is 10.2. The molecule has 2 heterocycles. The Bertz CT molecular complexity index is 415. The van der Waals surface area contributed by atoms with E-state index in [4.69, 9.17) is 4.74 Å². The van der Waals surface area contributed by atoms with Crippen molar-refractivity contribution in [2.75, 3.05) is 45.9 Å². The smallest absolute Gasteiger partial charge is 0.317 e. The van der Waals surface area contributed by atoms with Crippen LogP contribution in [0.5, 0.6) is 0 Å². The normalized spacial score (nSPS) is 17.4. The maximum Gasteiger partial charge on any atom is 0.317 e. The Hall–Kier alpha value is -1.11. The summed E-state index contributed by atoms with van der Waals surface area (Å²) in [7, 11) is 0. The highest BCUT2D eigenvalue weighted by atomic mass is 32.1. The number of nitrogens with zero attached hydrogens (tertiary/aromatic N) is 2. The van der Waals surface area contributed by atoms with Crippen LogP contribution in [0.2, 0.25) is 0 Å². The Morgan fingerprint density at radius 3 is 2.71 bits per heavy atom. The number of rotatable bonds is 6. The number of urea groups is 1. The van der Waals surface area contributed by atoms with Gasteiger partial charge in [0.2, 0.25) is 0 Å². The Balaban J connectivity index is 1.98. The van der Waals surface area contributed by atoms with Crippen molar-refractivity contribution in [2.45, 2.75) is 19.9 Å². The lowest BCUT2D eigenvalue weighted by molar-refractivity contribution is 0.0172. The zero-order valence-corrected chi connectivity index (χ0v) is 13.7. The lowest BCUT2D eigenvalue weighted by Gasteiger charge is -2.34. The summed E-state index contributed by atoms with van der Waals surface area (Å²) in [5.41, 5.74) is 0. The van der Waals surface area contributed by atoms with Gasteiger partial charge in [-0.2, -0.15) is 0 Å². The van der Waals surface area contributed by atoms with E-state index in [1.807, 2.05) is 18.7 Å². The summed E-state index contributed by atoms with van der Waals surface area (Å²) >= 11 is 1.75. The highest BCUT2D eigenvalue weighted by Gasteiger charge is 2.24. The predicted octanol–water partition coefficient (Wildman–Crippen LogP) is 2.17. The molecular formula is C15H25N3O2S. The highest BCUT2D eigenvalue weighted by molar-refractivity contribution is 7.10. The van der Waals surface area contributed by atoms with Crippen LogP contribution >= 0.6 is 11.3 Å². The van der Waals surface area contributed by atoms with Gasteiger partial charge in [-0.15, -0.1) is 11.3 Å². The van der Waals surface area contributed by atoms with Crippen LogP contribution in [0, 0.1) is 0 Å². The third-order valence-corrected chi connectivity index (χ3v) is 4.83. The van der Waals surface area contributed by atoms with Gasteiger partial charge in [0, 0.05) is 37.6 Å². The fourth-order valence-electron chi connectivity index (χ4n) is 2.59. The molecule has 0 saturated carbocycles. The fourth-order valence-corrected chi connectivity index (χ4v) is 3.45. The van der Waals surface area contributed by atoms with Crippen molar-refractivity contribution in [3.63, 3.8) is 0 Å². The Morgan fingerprint density at radius 1 is 1.43 bits per heavy atom. The molecule has 5 nitrogen and oxygen atoms in total. The average Bonchev–Trinajstić information content (AvgIpc) is 3.04. The molecule has 0 unspecified atom stereocenters. The second-order valence-corrected chi connectivity index (χ2v) is 6.02. The van der Waals surface area contributed by atoms with Gasteiger partial charge in [0.1, 0.15) is 0 Å². The molecule has 1 atom stereocenters. The largest absolute Gasteiger partial charge is 0.379 e. The van der Waals surface area contributed by atoms with Crippen molar-refractivity contribution >= 4 is 17.4 Å². The van der Waals surface area contributed by atoms with E-state index in [0.717, 1.165) is 39.4 Å². The van der Waals surface area contributed by atoms with Crippen molar-refractivity contribution in [1.82, 2.24) is 15.1 Å². The van der Waals surface area contributed by atoms with E-state index in [-0.39, 0.29) is 12.1 Å². The quantitative estimate of drug-likeness (QED) is 0.876. The van der Waals surface area contributed by atoms with Crippen LogP contribution in [0.15, 0.2) is 17.5 Å². The monoisotopic (exact) mass is 311 g/mol. The number of amides is 2. The second-order valence-electron chi connectivity index (χ2n) is 5.04. The number of thiophene rings is 1. The van der Waals surface area contributed by atoms with Crippen molar-refractivity contribution in [1.29, 1.82) is 0 Å². The van der Waals surface area contributed by atoms with Crippen molar-refractivity contribution in [2.24, 2.45) is 0 Å². The van der Waals surface area contributed by atoms with E-state index in [0.29, 0.717) is 6.54 Å². The highest BCUT2D eigenvalue weighted by Crippen LogP contribution is 2.25. The fraction of sp³-hybridized carbons (Fsp3) is 0.667. The van der Waals surface area contributed by atoms with Gasteiger partial charge < -0.3 is 15.0 Å². The zero-order chi connectivity index (χ0) is 15.1. The molecule has 1 N–H and O–H groups in total. The van der Waals surface area contributed by atoms with Crippen LogP contribution in [0.4, 0.5) is 4.79 Å². The summed E-state index contributed by atoms with van der Waals surface area (Å²) in [6.07, 6.45) is 0. The maximum absolute atomic E-state index is 12.1. The summed E-state index contributed by atoms with van der Waals surface area (Å²) < 4.78 is 5.43. The van der Waals surface area contributed by atoms with Crippen LogP contribution in [-0.4, -0.2) is 61.8 Å². The van der Waals surface area contributed by atoms with Crippen LogP contribution in [0.25, 0.3) is 0 Å². The molecule has 1 aliphatic heterocycles. The molecule has 1 aliphatic rings. The zero-order valence-electron chi connectivity index (χ0n) is 12.9. The van der Waals surface area contributed by atoms with Gasteiger partial charge in [-0.25, -0.2) is 4.79 Å². The minimum Gasteiger partial charge on any atom is -0.379 e. The minimum absolute atomic E-state index is 0.0230. The van der Waals surface area contributed by atoms with Gasteiger partial charge in [0.05, 0.1) is 19.3 Å². The average molecular weight is 311 g/mol. The molecule has 6 heteroatoms. The van der Waals surface area contributed by atoms with Crippen LogP contribution in [0.1, 0.15) is 24.8 Å². The SMILES string of the molecule is CCN(CC)C(=O)NC[C@H](c1cccs1)N1CCOCC1. The van der Waals surface area contributed by atoms with Gasteiger partial charge in [-0.1, -0.05) is 6.07 Å². The van der Waals surface area contributed by atoms with Gasteiger partial charge in [-0.3, -0.25) is 4.90 Å². The van der Waals surface area contributed by atoms with Gasteiger partial charge in [0.25, 0.3) is 0 Å². The summed E-state index contributed by atoms with van der Waals surface area (Å²) in [6, 6.07) is 4.48. The van der Waals surface area contributed by atoms with Gasteiger partial charge in [0.15, 0.2) is 0 Å². The van der Waals surface area contributed by atoms with Crippen molar-refractivity contribution < 1.29 is 9.53 Å². The topological polar surface area (TPSA) is 44.8 Å². The standard InChI is InChI=1S/C15H25N3O2S/c1-3-17(4-2)15(19)16-12-13(14-6-5-11-21-14)18-7-9-20-10-8-18/h5-6,11,13H,3-4,7-10,12H2,1-2H3,(H,16,19)/t13-/m1/s1. The van der Waals surface area contributed by atoms with E-state index < -0.39 is 0 Å². The lowest BCUT2D eigenvalue weighted by Crippen LogP contribution is -2.46. The molecule has 1 saturated heterocycles. The minimum atomic E-state index is 0.0230. The molecule has 118 valence electrons. The van der Waals surface area contributed by atoms with E-state index in [1.54, 1.807) is 11.3 Å². The summed E-state index contributed by atoms with van der Waals surface area (Å²) in [6.45, 7) is 9.51. The molecule has 2 amide bonds. The molecule has 1 aromatic heterocycles. The first-order valence-electron chi connectivity index (χ1n) is 7.64. The molecule has 0 aliphatic carbocycles. The Labute approximate surface area is 130 Å². The molecule has 1 aromatic rings. The Kier molecular flexibility index (Phi) is 6.48. The molecule has 0 aromatic carbocycles. The van der Waals surface area contributed by atoms with Crippen LogP contribution in [0.3, 0.4) is 0 Å². The number of carbonyl (C=O) groups is 1. The van der Waals surface area contributed by atoms with E-state index >= 15 is 0 Å². The first kappa shape index (κ1) is 16.3. The van der Waals surface area contributed by atoms with E-state index in [2.05, 4.69) is 27.7 Å². The number of hydrogen-bond donors (Lipinski definition) is 1. The third-order valence-electron chi connectivity index (χ3n) is 3.86. The van der Waals surface area contributed by atoms with Crippen LogP contribution in [-0.2, 0) is 4.74 Å². The van der Waals surface area contributed by atoms with Crippen molar-refractivity contribution in [3.05, 3.63) is 22.4 Å². The number of hydrogen-bond acceptors (Lipinski definition) is 4. The molecule has 1 fully saturated rings. The summed E-state index contributed by atoms with van der Waals surface area (Å²) in [5, 5.41) is 5.17. The number of nitrogens with one attached hydrogen (secondary N) is 1.